The molecule has 0 spiro atoms. The Morgan fingerprint density at radius 1 is 0.923 bits per heavy atom. The van der Waals surface area contributed by atoms with Gasteiger partial charge in [-0.25, -0.2) is 4.79 Å². The summed E-state index contributed by atoms with van der Waals surface area (Å²) in [5, 5.41) is 9.73. The van der Waals surface area contributed by atoms with Gasteiger partial charge in [-0.3, -0.25) is 0 Å². The van der Waals surface area contributed by atoms with Gasteiger partial charge >= 0.3 is 5.97 Å². The van der Waals surface area contributed by atoms with Gasteiger partial charge in [0, 0.05) is 5.69 Å². The molecule has 3 N–H and O–H groups in total. The minimum atomic E-state index is -0.826. The van der Waals surface area contributed by atoms with Crippen LogP contribution in [0.3, 0.4) is 0 Å². The molecule has 0 saturated carbocycles. The molecule has 1 aromatic rings. The largest absolute Gasteiger partial charge is 0.478 e. The van der Waals surface area contributed by atoms with Crippen LogP contribution >= 0.6 is 0 Å². The SMILES string of the molecule is CCCCC(CC)Cc1c(N)ccc(C(=O)O)c1CC(CC)CCCC. The van der Waals surface area contributed by atoms with Gasteiger partial charge in [-0.1, -0.05) is 79.1 Å². The molecule has 2 unspecified atom stereocenters. The summed E-state index contributed by atoms with van der Waals surface area (Å²) in [6, 6.07) is 3.50. The van der Waals surface area contributed by atoms with Crippen molar-refractivity contribution in [3.05, 3.63) is 28.8 Å². The third kappa shape index (κ3) is 6.66. The van der Waals surface area contributed by atoms with Gasteiger partial charge in [-0.2, -0.15) is 0 Å². The third-order valence-electron chi connectivity index (χ3n) is 5.77. The average Bonchev–Trinajstić information content (AvgIpc) is 2.63. The van der Waals surface area contributed by atoms with Crippen molar-refractivity contribution in [1.82, 2.24) is 0 Å². The molecule has 0 aliphatic heterocycles. The van der Waals surface area contributed by atoms with Gasteiger partial charge in [0.15, 0.2) is 0 Å². The Morgan fingerprint density at radius 3 is 1.85 bits per heavy atom. The molecule has 0 aliphatic rings. The maximum atomic E-state index is 11.9. The minimum Gasteiger partial charge on any atom is -0.478 e. The fourth-order valence-corrected chi connectivity index (χ4v) is 3.85. The molecular formula is C23H39NO2. The van der Waals surface area contributed by atoms with Crippen LogP contribution in [0.15, 0.2) is 12.1 Å². The number of anilines is 1. The standard InChI is InChI=1S/C23H39NO2/c1-5-9-11-17(7-3)15-20-19(23(25)26)13-14-22(24)21(20)16-18(8-4)12-10-6-2/h13-14,17-18H,5-12,15-16,24H2,1-4H3,(H,25,26). The molecule has 3 nitrogen and oxygen atoms in total. The monoisotopic (exact) mass is 361 g/mol. The lowest BCUT2D eigenvalue weighted by atomic mass is 9.82. The number of carbonyl (C=O) groups is 1. The Bertz CT molecular complexity index is 553. The van der Waals surface area contributed by atoms with Gasteiger partial charge < -0.3 is 10.8 Å². The van der Waals surface area contributed by atoms with E-state index in [2.05, 4.69) is 27.7 Å². The maximum Gasteiger partial charge on any atom is 0.335 e. The molecule has 0 heterocycles. The van der Waals surface area contributed by atoms with E-state index in [9.17, 15) is 9.90 Å². The second-order valence-corrected chi connectivity index (χ2v) is 7.71. The number of benzene rings is 1. The van der Waals surface area contributed by atoms with E-state index in [1.54, 1.807) is 12.1 Å². The van der Waals surface area contributed by atoms with Gasteiger partial charge in [-0.05, 0) is 47.9 Å². The predicted octanol–water partition coefficient (Wildman–Crippen LogP) is 6.48. The van der Waals surface area contributed by atoms with E-state index < -0.39 is 5.97 Å². The molecule has 26 heavy (non-hydrogen) atoms. The zero-order chi connectivity index (χ0) is 19.5. The Balaban J connectivity index is 3.20. The Hall–Kier alpha value is -1.51. The number of carboxylic acid groups (broad SMARTS) is 1. The second-order valence-electron chi connectivity index (χ2n) is 7.71. The van der Waals surface area contributed by atoms with Crippen molar-refractivity contribution in [1.29, 1.82) is 0 Å². The Morgan fingerprint density at radius 2 is 1.42 bits per heavy atom. The lowest BCUT2D eigenvalue weighted by Crippen LogP contribution is -2.16. The fraction of sp³-hybridized carbons (Fsp3) is 0.696. The van der Waals surface area contributed by atoms with Crippen LogP contribution in [0, 0.1) is 11.8 Å². The van der Waals surface area contributed by atoms with E-state index in [-0.39, 0.29) is 0 Å². The lowest BCUT2D eigenvalue weighted by molar-refractivity contribution is 0.0695. The summed E-state index contributed by atoms with van der Waals surface area (Å²) >= 11 is 0. The zero-order valence-electron chi connectivity index (χ0n) is 17.3. The first kappa shape index (κ1) is 22.5. The van der Waals surface area contributed by atoms with Crippen molar-refractivity contribution >= 4 is 11.7 Å². The average molecular weight is 362 g/mol. The molecule has 148 valence electrons. The van der Waals surface area contributed by atoms with Crippen LogP contribution in [0.5, 0.6) is 0 Å². The highest BCUT2D eigenvalue weighted by Crippen LogP contribution is 2.31. The number of hydrogen-bond donors (Lipinski definition) is 2. The summed E-state index contributed by atoms with van der Waals surface area (Å²) in [5.41, 5.74) is 9.66. The van der Waals surface area contributed by atoms with Gasteiger partial charge in [0.25, 0.3) is 0 Å². The topological polar surface area (TPSA) is 63.3 Å². The van der Waals surface area contributed by atoms with Gasteiger partial charge in [0.05, 0.1) is 5.56 Å². The molecule has 0 aliphatic carbocycles. The molecule has 2 atom stereocenters. The molecule has 3 heteroatoms. The maximum absolute atomic E-state index is 11.9. The number of rotatable bonds is 13. The highest BCUT2D eigenvalue weighted by molar-refractivity contribution is 5.90. The number of unbranched alkanes of at least 4 members (excludes halogenated alkanes) is 2. The molecule has 0 radical (unpaired) electrons. The van der Waals surface area contributed by atoms with Crippen LogP contribution in [-0.2, 0) is 12.8 Å². The van der Waals surface area contributed by atoms with Crippen molar-refractivity contribution in [3.63, 3.8) is 0 Å². The van der Waals surface area contributed by atoms with Gasteiger partial charge in [0.1, 0.15) is 0 Å². The highest BCUT2D eigenvalue weighted by Gasteiger charge is 2.21. The first-order valence-electron chi connectivity index (χ1n) is 10.6. The normalized spacial score (nSPS) is 13.5. The molecule has 0 aromatic heterocycles. The summed E-state index contributed by atoms with van der Waals surface area (Å²) < 4.78 is 0. The third-order valence-corrected chi connectivity index (χ3v) is 5.77. The van der Waals surface area contributed by atoms with Crippen LogP contribution in [0.2, 0.25) is 0 Å². The zero-order valence-corrected chi connectivity index (χ0v) is 17.3. The van der Waals surface area contributed by atoms with Crippen molar-refractivity contribution in [2.24, 2.45) is 11.8 Å². The van der Waals surface area contributed by atoms with Gasteiger partial charge in [0.2, 0.25) is 0 Å². The first-order chi connectivity index (χ1) is 12.5. The van der Waals surface area contributed by atoms with Crippen molar-refractivity contribution in [2.75, 3.05) is 5.73 Å². The summed E-state index contributed by atoms with van der Waals surface area (Å²) in [7, 11) is 0. The summed E-state index contributed by atoms with van der Waals surface area (Å²) in [5.74, 6) is 0.285. The van der Waals surface area contributed by atoms with Gasteiger partial charge in [-0.15, -0.1) is 0 Å². The number of nitrogens with two attached hydrogens (primary N) is 1. The van der Waals surface area contributed by atoms with Crippen LogP contribution < -0.4 is 5.73 Å². The van der Waals surface area contributed by atoms with Crippen LogP contribution in [0.4, 0.5) is 5.69 Å². The van der Waals surface area contributed by atoms with Crippen molar-refractivity contribution < 1.29 is 9.90 Å². The molecule has 0 fully saturated rings. The molecule has 0 amide bonds. The Kier molecular flexibility index (Phi) is 10.4. The summed E-state index contributed by atoms with van der Waals surface area (Å²) in [4.78, 5) is 11.9. The summed E-state index contributed by atoms with van der Waals surface area (Å²) in [6.45, 7) is 8.87. The highest BCUT2D eigenvalue weighted by atomic mass is 16.4. The number of carboxylic acids is 1. The quantitative estimate of drug-likeness (QED) is 0.395. The molecule has 0 saturated heterocycles. The van der Waals surface area contributed by atoms with E-state index in [0.29, 0.717) is 17.4 Å². The molecule has 0 bridgehead atoms. The van der Waals surface area contributed by atoms with E-state index in [0.717, 1.165) is 48.9 Å². The second kappa shape index (κ2) is 12.0. The van der Waals surface area contributed by atoms with Crippen LogP contribution in [0.25, 0.3) is 0 Å². The molecular weight excluding hydrogens is 322 g/mol. The predicted molar refractivity (Wildman–Crippen MR) is 112 cm³/mol. The fourth-order valence-electron chi connectivity index (χ4n) is 3.85. The van der Waals surface area contributed by atoms with E-state index >= 15 is 0 Å². The van der Waals surface area contributed by atoms with E-state index in [1.807, 2.05) is 0 Å². The van der Waals surface area contributed by atoms with Crippen molar-refractivity contribution in [3.8, 4) is 0 Å². The molecule has 1 aromatic carbocycles. The smallest absolute Gasteiger partial charge is 0.335 e. The Labute approximate surface area is 160 Å². The van der Waals surface area contributed by atoms with Crippen LogP contribution in [-0.4, -0.2) is 11.1 Å². The van der Waals surface area contributed by atoms with Crippen molar-refractivity contribution in [2.45, 2.75) is 91.9 Å². The number of hydrogen-bond acceptors (Lipinski definition) is 2. The molecule has 1 rings (SSSR count). The lowest BCUT2D eigenvalue weighted by Gasteiger charge is -2.23. The van der Waals surface area contributed by atoms with Crippen LogP contribution in [0.1, 0.15) is 101 Å². The first-order valence-corrected chi connectivity index (χ1v) is 10.6. The van der Waals surface area contributed by atoms with E-state index in [1.165, 1.54) is 32.1 Å². The number of nitrogen functional groups attached to an aromatic ring is 1. The minimum absolute atomic E-state index is 0.453. The van der Waals surface area contributed by atoms with E-state index in [4.69, 9.17) is 5.73 Å². The summed E-state index contributed by atoms with van der Waals surface area (Å²) in [6.07, 6.45) is 11.1. The number of aromatic carboxylic acids is 1.